The minimum atomic E-state index is -0.179. The molecule has 3 rings (SSSR count). The summed E-state index contributed by atoms with van der Waals surface area (Å²) in [5, 5.41) is 2.86. The number of carbonyl (C=O) groups excluding carboxylic acids is 2. The molecule has 0 aromatic heterocycles. The molecule has 0 aliphatic carbocycles. The minimum absolute atomic E-state index is 0.00778. The molecule has 30 heavy (non-hydrogen) atoms. The average Bonchev–Trinajstić information content (AvgIpc) is 2.74. The van der Waals surface area contributed by atoms with Gasteiger partial charge in [-0.2, -0.15) is 0 Å². The lowest BCUT2D eigenvalue weighted by atomic mass is 10.1. The van der Waals surface area contributed by atoms with Crippen molar-refractivity contribution in [3.63, 3.8) is 0 Å². The first-order valence-corrected chi connectivity index (χ1v) is 10.6. The van der Waals surface area contributed by atoms with Gasteiger partial charge >= 0.3 is 0 Å². The largest absolute Gasteiger partial charge is 0.360 e. The highest BCUT2D eigenvalue weighted by molar-refractivity contribution is 5.94. The highest BCUT2D eigenvalue weighted by Gasteiger charge is 2.31. The van der Waals surface area contributed by atoms with Crippen LogP contribution in [0, 0.1) is 13.8 Å². The standard InChI is InChI=1S/C24H32N4O2/c1-18-9-11-21(12-10-18)25-23(29)17-26(4)24(30)20(3)27-13-15-28(16-14-27)22-8-6-5-7-19(22)2/h5-12,20H,13-17H2,1-4H3,(H,25,29)/p+1/t20-/m0/s1. The van der Waals surface area contributed by atoms with Crippen molar-refractivity contribution in [2.45, 2.75) is 26.8 Å². The van der Waals surface area contributed by atoms with Crippen LogP contribution in [0.3, 0.4) is 0 Å². The SMILES string of the molecule is Cc1ccc(NC(=O)CN(C)C(=O)[C@H](C)[NH+]2CCN(c3ccccc3C)CC2)cc1. The van der Waals surface area contributed by atoms with Gasteiger partial charge in [0.25, 0.3) is 5.91 Å². The molecule has 6 nitrogen and oxygen atoms in total. The number of nitrogens with one attached hydrogen (secondary N) is 2. The zero-order valence-corrected chi connectivity index (χ0v) is 18.4. The van der Waals surface area contributed by atoms with Crippen LogP contribution in [0.4, 0.5) is 11.4 Å². The summed E-state index contributed by atoms with van der Waals surface area (Å²) in [5.41, 5.74) is 4.45. The van der Waals surface area contributed by atoms with E-state index in [0.29, 0.717) is 0 Å². The second-order valence-corrected chi connectivity index (χ2v) is 8.26. The number of rotatable bonds is 6. The Kier molecular flexibility index (Phi) is 7.11. The highest BCUT2D eigenvalue weighted by Crippen LogP contribution is 2.19. The topological polar surface area (TPSA) is 57.1 Å². The summed E-state index contributed by atoms with van der Waals surface area (Å²) >= 11 is 0. The maximum atomic E-state index is 12.9. The van der Waals surface area contributed by atoms with E-state index in [2.05, 4.69) is 41.4 Å². The van der Waals surface area contributed by atoms with Crippen molar-refractivity contribution in [1.29, 1.82) is 0 Å². The number of piperazine rings is 1. The van der Waals surface area contributed by atoms with Gasteiger partial charge in [-0.3, -0.25) is 9.59 Å². The van der Waals surface area contributed by atoms with Gasteiger partial charge in [0.15, 0.2) is 6.04 Å². The molecular weight excluding hydrogens is 376 g/mol. The van der Waals surface area contributed by atoms with Crippen LogP contribution in [0.1, 0.15) is 18.1 Å². The quantitative estimate of drug-likeness (QED) is 0.760. The fraction of sp³-hybridized carbons (Fsp3) is 0.417. The molecule has 1 atom stereocenters. The lowest BCUT2D eigenvalue weighted by Gasteiger charge is -2.37. The molecule has 6 heteroatoms. The Morgan fingerprint density at radius 1 is 1.07 bits per heavy atom. The number of amides is 2. The number of hydrogen-bond acceptors (Lipinski definition) is 3. The summed E-state index contributed by atoms with van der Waals surface area (Å²) in [5.74, 6) is -0.172. The predicted molar refractivity (Wildman–Crippen MR) is 121 cm³/mol. The number of aryl methyl sites for hydroxylation is 2. The van der Waals surface area contributed by atoms with Crippen LogP contribution < -0.4 is 15.1 Å². The Hall–Kier alpha value is -2.86. The molecule has 0 unspecified atom stereocenters. The van der Waals surface area contributed by atoms with Crippen molar-refractivity contribution < 1.29 is 14.5 Å². The van der Waals surface area contributed by atoms with Gasteiger partial charge in [-0.25, -0.2) is 0 Å². The third kappa shape index (κ3) is 5.39. The van der Waals surface area contributed by atoms with Gasteiger partial charge < -0.3 is 20.0 Å². The Morgan fingerprint density at radius 3 is 2.33 bits per heavy atom. The van der Waals surface area contributed by atoms with Gasteiger partial charge in [-0.1, -0.05) is 35.9 Å². The van der Waals surface area contributed by atoms with Crippen molar-refractivity contribution >= 4 is 23.2 Å². The molecule has 0 saturated carbocycles. The maximum absolute atomic E-state index is 12.9. The third-order valence-corrected chi connectivity index (χ3v) is 5.94. The molecule has 2 aromatic rings. The van der Waals surface area contributed by atoms with Crippen molar-refractivity contribution in [2.24, 2.45) is 0 Å². The molecule has 2 aromatic carbocycles. The molecule has 0 radical (unpaired) electrons. The summed E-state index contributed by atoms with van der Waals surface area (Å²) < 4.78 is 0. The summed E-state index contributed by atoms with van der Waals surface area (Å²) in [6.07, 6.45) is 0. The molecule has 0 spiro atoms. The summed E-state index contributed by atoms with van der Waals surface area (Å²) in [6, 6.07) is 15.9. The lowest BCUT2D eigenvalue weighted by Crippen LogP contribution is -3.19. The van der Waals surface area contributed by atoms with Gasteiger partial charge in [-0.15, -0.1) is 0 Å². The summed E-state index contributed by atoms with van der Waals surface area (Å²) in [7, 11) is 1.70. The first-order valence-electron chi connectivity index (χ1n) is 10.6. The van der Waals surface area contributed by atoms with E-state index < -0.39 is 0 Å². The second kappa shape index (κ2) is 9.76. The predicted octanol–water partition coefficient (Wildman–Crippen LogP) is 1.49. The zero-order chi connectivity index (χ0) is 21.7. The number of quaternary nitrogens is 1. The number of hydrogen-bond donors (Lipinski definition) is 2. The van der Waals surface area contributed by atoms with Crippen LogP contribution in [-0.4, -0.2) is 62.5 Å². The molecule has 1 aliphatic rings. The van der Waals surface area contributed by atoms with Gasteiger partial charge in [0.05, 0.1) is 32.7 Å². The van der Waals surface area contributed by atoms with E-state index in [9.17, 15) is 9.59 Å². The van der Waals surface area contributed by atoms with E-state index in [-0.39, 0.29) is 24.4 Å². The maximum Gasteiger partial charge on any atom is 0.280 e. The van der Waals surface area contributed by atoms with Gasteiger partial charge in [-0.05, 0) is 44.5 Å². The van der Waals surface area contributed by atoms with E-state index in [4.69, 9.17) is 0 Å². The van der Waals surface area contributed by atoms with Crippen LogP contribution in [-0.2, 0) is 9.59 Å². The van der Waals surface area contributed by atoms with Gasteiger partial charge in [0, 0.05) is 18.4 Å². The van der Waals surface area contributed by atoms with E-state index >= 15 is 0 Å². The molecular formula is C24H33N4O2+. The number of carbonyl (C=O) groups is 2. The third-order valence-electron chi connectivity index (χ3n) is 5.94. The molecule has 1 saturated heterocycles. The Labute approximate surface area is 179 Å². The van der Waals surface area contributed by atoms with Crippen molar-refractivity contribution in [3.8, 4) is 0 Å². The second-order valence-electron chi connectivity index (χ2n) is 8.26. The monoisotopic (exact) mass is 409 g/mol. The van der Waals surface area contributed by atoms with E-state index in [0.717, 1.165) is 37.4 Å². The van der Waals surface area contributed by atoms with E-state index in [1.165, 1.54) is 21.1 Å². The first kappa shape index (κ1) is 21.8. The molecule has 1 aliphatic heterocycles. The molecule has 0 bridgehead atoms. The van der Waals surface area contributed by atoms with Crippen LogP contribution in [0.25, 0.3) is 0 Å². The van der Waals surface area contributed by atoms with Crippen molar-refractivity contribution in [1.82, 2.24) is 4.90 Å². The normalized spacial score (nSPS) is 15.5. The Morgan fingerprint density at radius 2 is 1.70 bits per heavy atom. The Bertz CT molecular complexity index is 873. The number of nitrogens with zero attached hydrogens (tertiary/aromatic N) is 2. The van der Waals surface area contributed by atoms with Crippen LogP contribution >= 0.6 is 0 Å². The van der Waals surface area contributed by atoms with E-state index in [1.807, 2.05) is 38.1 Å². The number of anilines is 2. The molecule has 160 valence electrons. The summed E-state index contributed by atoms with van der Waals surface area (Å²) in [6.45, 7) is 9.83. The smallest absolute Gasteiger partial charge is 0.280 e. The molecule has 2 N–H and O–H groups in total. The Balaban J connectivity index is 1.49. The number of benzene rings is 2. The molecule has 1 heterocycles. The van der Waals surface area contributed by atoms with E-state index in [1.54, 1.807) is 7.05 Å². The molecule has 1 fully saturated rings. The highest BCUT2D eigenvalue weighted by atomic mass is 16.2. The average molecular weight is 410 g/mol. The van der Waals surface area contributed by atoms with Crippen LogP contribution in [0.15, 0.2) is 48.5 Å². The molecule has 2 amide bonds. The van der Waals surface area contributed by atoms with Crippen LogP contribution in [0.5, 0.6) is 0 Å². The fourth-order valence-electron chi connectivity index (χ4n) is 4.02. The van der Waals surface area contributed by atoms with Gasteiger partial charge in [0.1, 0.15) is 0 Å². The van der Waals surface area contributed by atoms with Crippen molar-refractivity contribution in [3.05, 3.63) is 59.7 Å². The fourth-order valence-corrected chi connectivity index (χ4v) is 4.02. The summed E-state index contributed by atoms with van der Waals surface area (Å²) in [4.78, 5) is 30.4. The lowest BCUT2D eigenvalue weighted by molar-refractivity contribution is -0.915. The van der Waals surface area contributed by atoms with Gasteiger partial charge in [0.2, 0.25) is 5.91 Å². The van der Waals surface area contributed by atoms with Crippen LogP contribution in [0.2, 0.25) is 0 Å². The number of para-hydroxylation sites is 1. The number of likely N-dealkylation sites (N-methyl/N-ethyl adjacent to an activating group) is 1. The first-order chi connectivity index (χ1) is 14.3. The zero-order valence-electron chi connectivity index (χ0n) is 18.4. The van der Waals surface area contributed by atoms with Crippen molar-refractivity contribution in [2.75, 3.05) is 50.0 Å². The minimum Gasteiger partial charge on any atom is -0.360 e.